The molecule has 5 heteroatoms. The van der Waals surface area contributed by atoms with Crippen LogP contribution in [0.1, 0.15) is 57.0 Å². The number of carbonyl (C=O) groups excluding carboxylic acids is 1. The second kappa shape index (κ2) is 5.80. The molecule has 1 aromatic carbocycles. The molecule has 2 atom stereocenters. The fourth-order valence-electron chi connectivity index (χ4n) is 3.38. The van der Waals surface area contributed by atoms with E-state index in [2.05, 4.69) is 24.1 Å². The third kappa shape index (κ3) is 2.64. The minimum atomic E-state index is -0.460. The molecule has 5 nitrogen and oxygen atoms in total. The molecular formula is C18H23N3O2. The number of amides is 1. The lowest BCUT2D eigenvalue weighted by molar-refractivity contribution is -0.127. The van der Waals surface area contributed by atoms with Crippen LogP contribution in [0.15, 0.2) is 23.0 Å². The van der Waals surface area contributed by atoms with E-state index in [1.54, 1.807) is 10.6 Å². The Labute approximate surface area is 135 Å². The number of fused-ring (bicyclic) bond motifs is 1. The summed E-state index contributed by atoms with van der Waals surface area (Å²) in [6, 6.07) is 5.41. The Kier molecular flexibility index (Phi) is 3.96. The molecule has 0 radical (unpaired) electrons. The van der Waals surface area contributed by atoms with Crippen LogP contribution >= 0.6 is 0 Å². The molecule has 1 aliphatic heterocycles. The monoisotopic (exact) mass is 313 g/mol. The molecule has 1 amide bonds. The third-order valence-corrected chi connectivity index (χ3v) is 4.64. The molecule has 1 saturated heterocycles. The molecule has 3 rings (SSSR count). The van der Waals surface area contributed by atoms with E-state index in [-0.39, 0.29) is 17.5 Å². The molecule has 0 bridgehead atoms. The standard InChI is InChI=1S/C18H23N3O2/c1-10(2)13-6-5-7-14-16(13)20-12(4)21(18(14)23)15-9-8-11(3)19-17(15)22/h5-7,10-11,15H,8-9H2,1-4H3,(H,19,22). The minimum absolute atomic E-state index is 0.0879. The summed E-state index contributed by atoms with van der Waals surface area (Å²) in [7, 11) is 0. The summed E-state index contributed by atoms with van der Waals surface area (Å²) >= 11 is 0. The number of para-hydroxylation sites is 1. The van der Waals surface area contributed by atoms with Crippen molar-refractivity contribution in [3.05, 3.63) is 39.9 Å². The zero-order valence-electron chi connectivity index (χ0n) is 14.1. The van der Waals surface area contributed by atoms with E-state index in [0.29, 0.717) is 23.5 Å². The molecule has 2 unspecified atom stereocenters. The van der Waals surface area contributed by atoms with Gasteiger partial charge in [-0.25, -0.2) is 4.98 Å². The highest BCUT2D eigenvalue weighted by Crippen LogP contribution is 2.25. The van der Waals surface area contributed by atoms with Gasteiger partial charge in [-0.15, -0.1) is 0 Å². The second-order valence-corrected chi connectivity index (χ2v) is 6.74. The van der Waals surface area contributed by atoms with Gasteiger partial charge in [0.2, 0.25) is 5.91 Å². The summed E-state index contributed by atoms with van der Waals surface area (Å²) in [5.74, 6) is 0.806. The zero-order chi connectivity index (χ0) is 16.7. The quantitative estimate of drug-likeness (QED) is 0.927. The van der Waals surface area contributed by atoms with Gasteiger partial charge >= 0.3 is 0 Å². The van der Waals surface area contributed by atoms with Gasteiger partial charge in [0.15, 0.2) is 0 Å². The van der Waals surface area contributed by atoms with Crippen molar-refractivity contribution in [2.24, 2.45) is 0 Å². The van der Waals surface area contributed by atoms with Crippen LogP contribution in [0.4, 0.5) is 0 Å². The molecule has 0 spiro atoms. The Hall–Kier alpha value is -2.17. The van der Waals surface area contributed by atoms with Crippen LogP contribution in [-0.4, -0.2) is 21.5 Å². The van der Waals surface area contributed by atoms with Crippen LogP contribution in [0.5, 0.6) is 0 Å². The largest absolute Gasteiger partial charge is 0.352 e. The van der Waals surface area contributed by atoms with Crippen molar-refractivity contribution in [1.29, 1.82) is 0 Å². The molecule has 0 saturated carbocycles. The maximum absolute atomic E-state index is 13.0. The molecule has 1 aliphatic rings. The van der Waals surface area contributed by atoms with Crippen molar-refractivity contribution >= 4 is 16.8 Å². The summed E-state index contributed by atoms with van der Waals surface area (Å²) in [6.45, 7) is 7.97. The van der Waals surface area contributed by atoms with Gasteiger partial charge in [0.05, 0.1) is 10.9 Å². The van der Waals surface area contributed by atoms with E-state index < -0.39 is 6.04 Å². The van der Waals surface area contributed by atoms with Gasteiger partial charge in [-0.3, -0.25) is 14.2 Å². The van der Waals surface area contributed by atoms with Crippen molar-refractivity contribution in [1.82, 2.24) is 14.9 Å². The Morgan fingerprint density at radius 2 is 2.00 bits per heavy atom. The predicted molar refractivity (Wildman–Crippen MR) is 90.7 cm³/mol. The molecule has 1 fully saturated rings. The number of hydrogen-bond donors (Lipinski definition) is 1. The topological polar surface area (TPSA) is 64.0 Å². The van der Waals surface area contributed by atoms with E-state index in [4.69, 9.17) is 0 Å². The summed E-state index contributed by atoms with van der Waals surface area (Å²) in [6.07, 6.45) is 1.54. The van der Waals surface area contributed by atoms with Crippen LogP contribution in [0.3, 0.4) is 0 Å². The molecule has 23 heavy (non-hydrogen) atoms. The fourth-order valence-corrected chi connectivity index (χ4v) is 3.38. The Bertz CT molecular complexity index is 823. The number of aryl methyl sites for hydroxylation is 1. The molecule has 122 valence electrons. The molecule has 0 aliphatic carbocycles. The van der Waals surface area contributed by atoms with Crippen molar-refractivity contribution in [3.8, 4) is 0 Å². The lowest BCUT2D eigenvalue weighted by Crippen LogP contribution is -2.46. The van der Waals surface area contributed by atoms with Gasteiger partial charge in [0, 0.05) is 6.04 Å². The number of carbonyl (C=O) groups is 1. The summed E-state index contributed by atoms with van der Waals surface area (Å²) in [4.78, 5) is 30.0. The highest BCUT2D eigenvalue weighted by molar-refractivity contribution is 5.84. The second-order valence-electron chi connectivity index (χ2n) is 6.74. The van der Waals surface area contributed by atoms with E-state index in [0.717, 1.165) is 17.5 Å². The molecule has 1 aromatic heterocycles. The number of hydrogen-bond acceptors (Lipinski definition) is 3. The van der Waals surface area contributed by atoms with Gasteiger partial charge in [-0.1, -0.05) is 26.0 Å². The number of nitrogens with one attached hydrogen (secondary N) is 1. The number of piperidine rings is 1. The number of benzene rings is 1. The first-order valence-corrected chi connectivity index (χ1v) is 8.22. The average molecular weight is 313 g/mol. The molecule has 1 N–H and O–H groups in total. The van der Waals surface area contributed by atoms with Crippen molar-refractivity contribution in [2.75, 3.05) is 0 Å². The van der Waals surface area contributed by atoms with Crippen LogP contribution in [0, 0.1) is 6.92 Å². The Morgan fingerprint density at radius 1 is 1.26 bits per heavy atom. The van der Waals surface area contributed by atoms with Gasteiger partial charge in [0.25, 0.3) is 5.56 Å². The third-order valence-electron chi connectivity index (χ3n) is 4.64. The van der Waals surface area contributed by atoms with Gasteiger partial charge in [-0.05, 0) is 44.2 Å². The van der Waals surface area contributed by atoms with Gasteiger partial charge < -0.3 is 5.32 Å². The zero-order valence-corrected chi connectivity index (χ0v) is 14.1. The minimum Gasteiger partial charge on any atom is -0.352 e. The van der Waals surface area contributed by atoms with Crippen LogP contribution in [0.2, 0.25) is 0 Å². The lowest BCUT2D eigenvalue weighted by Gasteiger charge is -2.29. The molecule has 2 aromatic rings. The van der Waals surface area contributed by atoms with Crippen LogP contribution in [-0.2, 0) is 4.79 Å². The molecule has 2 heterocycles. The van der Waals surface area contributed by atoms with Crippen LogP contribution in [0.25, 0.3) is 10.9 Å². The van der Waals surface area contributed by atoms with Gasteiger partial charge in [0.1, 0.15) is 11.9 Å². The normalized spacial score (nSPS) is 21.7. The van der Waals surface area contributed by atoms with E-state index in [1.807, 2.05) is 26.0 Å². The lowest BCUT2D eigenvalue weighted by atomic mass is 9.99. The average Bonchev–Trinajstić information content (AvgIpc) is 2.48. The fraction of sp³-hybridized carbons (Fsp3) is 0.500. The molecular weight excluding hydrogens is 290 g/mol. The highest BCUT2D eigenvalue weighted by atomic mass is 16.2. The first-order chi connectivity index (χ1) is 10.9. The number of rotatable bonds is 2. The summed E-state index contributed by atoms with van der Waals surface area (Å²) < 4.78 is 1.56. The van der Waals surface area contributed by atoms with Crippen LogP contribution < -0.4 is 10.9 Å². The van der Waals surface area contributed by atoms with Crippen molar-refractivity contribution in [2.45, 2.75) is 58.5 Å². The van der Waals surface area contributed by atoms with E-state index in [1.165, 1.54) is 0 Å². The first kappa shape index (κ1) is 15.7. The predicted octanol–water partition coefficient (Wildman–Crippen LogP) is 2.67. The SMILES string of the molecule is Cc1nc2c(C(C)C)cccc2c(=O)n1C1CCC(C)NC1=O. The highest BCUT2D eigenvalue weighted by Gasteiger charge is 2.29. The summed E-state index contributed by atoms with van der Waals surface area (Å²) in [5, 5.41) is 3.52. The maximum Gasteiger partial charge on any atom is 0.262 e. The smallest absolute Gasteiger partial charge is 0.262 e. The summed E-state index contributed by atoms with van der Waals surface area (Å²) in [5.41, 5.74) is 1.70. The maximum atomic E-state index is 13.0. The van der Waals surface area contributed by atoms with Crippen molar-refractivity contribution < 1.29 is 4.79 Å². The Balaban J connectivity index is 2.20. The number of aromatic nitrogens is 2. The van der Waals surface area contributed by atoms with Crippen molar-refractivity contribution in [3.63, 3.8) is 0 Å². The first-order valence-electron chi connectivity index (χ1n) is 8.22. The van der Waals surface area contributed by atoms with Gasteiger partial charge in [-0.2, -0.15) is 0 Å². The van der Waals surface area contributed by atoms with E-state index >= 15 is 0 Å². The van der Waals surface area contributed by atoms with E-state index in [9.17, 15) is 9.59 Å². The number of nitrogens with zero attached hydrogens (tertiary/aromatic N) is 2. The Morgan fingerprint density at radius 3 is 2.65 bits per heavy atom.